The molecule has 4 nitrogen and oxygen atoms in total. The third-order valence-electron chi connectivity index (χ3n) is 4.74. The smallest absolute Gasteiger partial charge is 0.231 e. The zero-order chi connectivity index (χ0) is 18.6. The van der Waals surface area contributed by atoms with Gasteiger partial charge < -0.3 is 10.3 Å². The molecular formula is C23H21N3O. The first-order chi connectivity index (χ1) is 13.2. The molecule has 134 valence electrons. The minimum atomic E-state index is -0.152. The van der Waals surface area contributed by atoms with Crippen molar-refractivity contribution in [3.8, 4) is 11.4 Å². The minimum Gasteiger partial charge on any atom is -0.338 e. The summed E-state index contributed by atoms with van der Waals surface area (Å²) >= 11 is 0. The van der Waals surface area contributed by atoms with E-state index in [2.05, 4.69) is 15.3 Å². The number of nitrogens with zero attached hydrogens (tertiary/aromatic N) is 1. The topological polar surface area (TPSA) is 57.8 Å². The number of fused-ring (bicyclic) bond motifs is 1. The van der Waals surface area contributed by atoms with Crippen LogP contribution >= 0.6 is 0 Å². The van der Waals surface area contributed by atoms with E-state index in [1.807, 2.05) is 85.8 Å². The normalized spacial score (nSPS) is 12.0. The monoisotopic (exact) mass is 355 g/mol. The molecule has 3 aromatic carbocycles. The molecule has 2 N–H and O–H groups in total. The molecule has 0 aliphatic heterocycles. The number of amides is 1. The summed E-state index contributed by atoms with van der Waals surface area (Å²) < 4.78 is 0. The maximum absolute atomic E-state index is 12.7. The van der Waals surface area contributed by atoms with Gasteiger partial charge >= 0.3 is 0 Å². The van der Waals surface area contributed by atoms with E-state index in [1.165, 1.54) is 0 Å². The quantitative estimate of drug-likeness (QED) is 0.506. The van der Waals surface area contributed by atoms with Crippen LogP contribution in [0.4, 0.5) is 5.69 Å². The fourth-order valence-corrected chi connectivity index (χ4v) is 3.29. The average Bonchev–Trinajstić information content (AvgIpc) is 3.14. The molecule has 1 atom stereocenters. The van der Waals surface area contributed by atoms with Gasteiger partial charge in [0, 0.05) is 11.3 Å². The van der Waals surface area contributed by atoms with Crippen LogP contribution in [0.5, 0.6) is 0 Å². The van der Waals surface area contributed by atoms with Gasteiger partial charge in [0.25, 0.3) is 0 Å². The summed E-state index contributed by atoms with van der Waals surface area (Å²) in [4.78, 5) is 20.6. The lowest BCUT2D eigenvalue weighted by Crippen LogP contribution is -2.20. The number of nitrogens with one attached hydrogen (secondary N) is 2. The molecule has 0 spiro atoms. The van der Waals surface area contributed by atoms with Crippen LogP contribution in [0, 0.1) is 0 Å². The molecule has 0 aliphatic rings. The molecule has 1 unspecified atom stereocenters. The second-order valence-corrected chi connectivity index (χ2v) is 6.54. The molecule has 0 bridgehead atoms. The van der Waals surface area contributed by atoms with E-state index in [-0.39, 0.29) is 11.8 Å². The van der Waals surface area contributed by atoms with Crippen molar-refractivity contribution in [3.05, 3.63) is 84.4 Å². The van der Waals surface area contributed by atoms with Gasteiger partial charge in [0.05, 0.1) is 17.0 Å². The average molecular weight is 355 g/mol. The Morgan fingerprint density at radius 1 is 0.963 bits per heavy atom. The van der Waals surface area contributed by atoms with E-state index in [4.69, 9.17) is 0 Å². The third kappa shape index (κ3) is 3.60. The number of anilines is 1. The number of imidazole rings is 1. The van der Waals surface area contributed by atoms with Crippen LogP contribution in [0.2, 0.25) is 0 Å². The van der Waals surface area contributed by atoms with Crippen molar-refractivity contribution >= 4 is 22.6 Å². The summed E-state index contributed by atoms with van der Waals surface area (Å²) in [6, 6.07) is 25.6. The maximum Gasteiger partial charge on any atom is 0.231 e. The van der Waals surface area contributed by atoms with E-state index in [9.17, 15) is 4.79 Å². The zero-order valence-electron chi connectivity index (χ0n) is 15.1. The highest BCUT2D eigenvalue weighted by Gasteiger charge is 2.18. The Morgan fingerprint density at radius 3 is 2.37 bits per heavy atom. The summed E-state index contributed by atoms with van der Waals surface area (Å²) in [5.41, 5.74) is 4.77. The molecule has 27 heavy (non-hydrogen) atoms. The standard InChI is InChI=1S/C23H21N3O/c1-2-19(16-8-4-3-5-9-16)23(27)24-18-14-12-17(13-15-18)22-25-20-10-6-7-11-21(20)26-22/h3-15,19H,2H2,1H3,(H,24,27)(H,25,26). The number of hydrogen-bond donors (Lipinski definition) is 2. The number of aromatic amines is 1. The van der Waals surface area contributed by atoms with Crippen LogP contribution in [0.1, 0.15) is 24.8 Å². The highest BCUT2D eigenvalue weighted by atomic mass is 16.1. The van der Waals surface area contributed by atoms with Crippen molar-refractivity contribution in [3.63, 3.8) is 0 Å². The number of aromatic nitrogens is 2. The Hall–Kier alpha value is -3.40. The largest absolute Gasteiger partial charge is 0.338 e. The lowest BCUT2D eigenvalue weighted by Gasteiger charge is -2.15. The molecule has 1 heterocycles. The first-order valence-corrected chi connectivity index (χ1v) is 9.15. The lowest BCUT2D eigenvalue weighted by atomic mass is 9.95. The van der Waals surface area contributed by atoms with Gasteiger partial charge in [0.15, 0.2) is 0 Å². The van der Waals surface area contributed by atoms with Crippen molar-refractivity contribution in [2.45, 2.75) is 19.3 Å². The maximum atomic E-state index is 12.7. The number of rotatable bonds is 5. The van der Waals surface area contributed by atoms with Crippen LogP contribution in [-0.2, 0) is 4.79 Å². The van der Waals surface area contributed by atoms with Crippen molar-refractivity contribution in [1.29, 1.82) is 0 Å². The molecule has 0 aliphatic carbocycles. The summed E-state index contributed by atoms with van der Waals surface area (Å²) in [6.45, 7) is 2.03. The summed E-state index contributed by atoms with van der Waals surface area (Å²) in [6.07, 6.45) is 0.757. The first kappa shape index (κ1) is 17.0. The number of H-pyrrole nitrogens is 1. The van der Waals surface area contributed by atoms with E-state index in [1.54, 1.807) is 0 Å². The Balaban J connectivity index is 1.51. The fraction of sp³-hybridized carbons (Fsp3) is 0.130. The molecule has 4 heteroatoms. The summed E-state index contributed by atoms with van der Waals surface area (Å²) in [5.74, 6) is 0.686. The van der Waals surface area contributed by atoms with Gasteiger partial charge in [-0.1, -0.05) is 49.4 Å². The predicted molar refractivity (Wildman–Crippen MR) is 110 cm³/mol. The summed E-state index contributed by atoms with van der Waals surface area (Å²) in [5, 5.41) is 3.03. The molecule has 4 aromatic rings. The molecule has 0 fully saturated rings. The van der Waals surface area contributed by atoms with Crippen LogP contribution in [0.3, 0.4) is 0 Å². The van der Waals surface area contributed by atoms with E-state index >= 15 is 0 Å². The van der Waals surface area contributed by atoms with Crippen molar-refractivity contribution in [2.24, 2.45) is 0 Å². The minimum absolute atomic E-state index is 0.0141. The van der Waals surface area contributed by atoms with Gasteiger partial charge in [-0.05, 0) is 48.4 Å². The van der Waals surface area contributed by atoms with Gasteiger partial charge in [-0.2, -0.15) is 0 Å². The Labute approximate surface area is 158 Å². The second-order valence-electron chi connectivity index (χ2n) is 6.54. The molecule has 0 saturated heterocycles. The van der Waals surface area contributed by atoms with Gasteiger partial charge in [-0.15, -0.1) is 0 Å². The third-order valence-corrected chi connectivity index (χ3v) is 4.74. The van der Waals surface area contributed by atoms with Crippen molar-refractivity contribution in [2.75, 3.05) is 5.32 Å². The highest BCUT2D eigenvalue weighted by Crippen LogP contribution is 2.24. The number of carbonyl (C=O) groups excluding carboxylic acids is 1. The van der Waals surface area contributed by atoms with Gasteiger partial charge in [-0.3, -0.25) is 4.79 Å². The fourth-order valence-electron chi connectivity index (χ4n) is 3.29. The second kappa shape index (κ2) is 7.46. The van der Waals surface area contributed by atoms with E-state index < -0.39 is 0 Å². The highest BCUT2D eigenvalue weighted by molar-refractivity contribution is 5.96. The molecular weight excluding hydrogens is 334 g/mol. The SMILES string of the molecule is CCC(C(=O)Nc1ccc(-c2nc3ccccc3[nH]2)cc1)c1ccccc1. The van der Waals surface area contributed by atoms with Gasteiger partial charge in [0.1, 0.15) is 5.82 Å². The molecule has 1 amide bonds. The summed E-state index contributed by atoms with van der Waals surface area (Å²) in [7, 11) is 0. The van der Waals surface area contributed by atoms with E-state index in [0.717, 1.165) is 40.1 Å². The first-order valence-electron chi connectivity index (χ1n) is 9.15. The number of carbonyl (C=O) groups is 1. The van der Waals surface area contributed by atoms with Crippen molar-refractivity contribution in [1.82, 2.24) is 9.97 Å². The van der Waals surface area contributed by atoms with Crippen LogP contribution in [-0.4, -0.2) is 15.9 Å². The molecule has 0 radical (unpaired) electrons. The Kier molecular flexibility index (Phi) is 4.71. The molecule has 1 aromatic heterocycles. The van der Waals surface area contributed by atoms with Crippen molar-refractivity contribution < 1.29 is 4.79 Å². The zero-order valence-corrected chi connectivity index (χ0v) is 15.1. The van der Waals surface area contributed by atoms with Crippen LogP contribution in [0.15, 0.2) is 78.9 Å². The lowest BCUT2D eigenvalue weighted by molar-refractivity contribution is -0.117. The number of para-hydroxylation sites is 2. The van der Waals surface area contributed by atoms with Gasteiger partial charge in [0.2, 0.25) is 5.91 Å². The predicted octanol–water partition coefficient (Wildman–Crippen LogP) is 5.36. The Bertz CT molecular complexity index is 1020. The molecule has 4 rings (SSSR count). The number of hydrogen-bond acceptors (Lipinski definition) is 2. The number of benzene rings is 3. The van der Waals surface area contributed by atoms with E-state index in [0.29, 0.717) is 0 Å². The van der Waals surface area contributed by atoms with Gasteiger partial charge in [-0.25, -0.2) is 4.98 Å². The Morgan fingerprint density at radius 2 is 1.67 bits per heavy atom. The molecule has 0 saturated carbocycles. The van der Waals surface area contributed by atoms with Crippen LogP contribution < -0.4 is 5.32 Å². The van der Waals surface area contributed by atoms with Crippen LogP contribution in [0.25, 0.3) is 22.4 Å².